The lowest BCUT2D eigenvalue weighted by atomic mass is 9.63. The summed E-state index contributed by atoms with van der Waals surface area (Å²) in [6.45, 7) is -0.253. The van der Waals surface area contributed by atoms with Gasteiger partial charge in [-0.25, -0.2) is 0 Å². The molecule has 162 valence electrons. The molecule has 6 atom stereocenters. The molecule has 5 aliphatic rings. The molecule has 7 rings (SSSR count). The quantitative estimate of drug-likeness (QED) is 0.551. The maximum atomic E-state index is 13.0. The van der Waals surface area contributed by atoms with Gasteiger partial charge in [-0.3, -0.25) is 19.3 Å². The third-order valence-electron chi connectivity index (χ3n) is 7.26. The van der Waals surface area contributed by atoms with E-state index in [2.05, 4.69) is 17.5 Å². The lowest BCUT2D eigenvalue weighted by Crippen LogP contribution is -2.40. The van der Waals surface area contributed by atoms with E-state index in [-0.39, 0.29) is 42.0 Å². The Hall–Kier alpha value is -3.12. The van der Waals surface area contributed by atoms with E-state index in [1.807, 2.05) is 12.1 Å². The summed E-state index contributed by atoms with van der Waals surface area (Å²) >= 11 is 6.11. The number of ether oxygens (including phenoxy) is 1. The van der Waals surface area contributed by atoms with Gasteiger partial charge in [0.1, 0.15) is 18.0 Å². The maximum absolute atomic E-state index is 13.0. The summed E-state index contributed by atoms with van der Waals surface area (Å²) in [5.74, 6) is 1.18. The molecule has 32 heavy (non-hydrogen) atoms. The zero-order valence-electron chi connectivity index (χ0n) is 17.1. The molecular formula is C25H21ClN2O4. The number of hydrogen-bond donors (Lipinski definition) is 1. The van der Waals surface area contributed by atoms with Gasteiger partial charge in [0.15, 0.2) is 0 Å². The molecular weight excluding hydrogens is 428 g/mol. The third-order valence-corrected chi connectivity index (χ3v) is 7.57. The molecule has 7 heteroatoms. The number of carbonyl (C=O) groups is 3. The Bertz CT molecular complexity index is 1120. The van der Waals surface area contributed by atoms with Crippen LogP contribution in [0.2, 0.25) is 5.02 Å². The molecule has 6 nitrogen and oxygen atoms in total. The average molecular weight is 449 g/mol. The van der Waals surface area contributed by atoms with E-state index in [0.29, 0.717) is 34.0 Å². The van der Waals surface area contributed by atoms with Crippen LogP contribution < -0.4 is 10.1 Å². The molecule has 4 aliphatic carbocycles. The van der Waals surface area contributed by atoms with E-state index < -0.39 is 5.91 Å². The summed E-state index contributed by atoms with van der Waals surface area (Å²) in [6, 6.07) is 14.0. The van der Waals surface area contributed by atoms with Crippen molar-refractivity contribution in [2.75, 3.05) is 11.9 Å². The molecule has 1 N–H and O–H groups in total. The first-order valence-corrected chi connectivity index (χ1v) is 11.2. The SMILES string of the molecule is O=C(CN1C(=O)C2C3C=CC(C4CC34)C2C1=O)Nc1ccc(Oc2ccccc2Cl)cc1. The van der Waals surface area contributed by atoms with Crippen molar-refractivity contribution in [3.63, 3.8) is 0 Å². The smallest absolute Gasteiger partial charge is 0.244 e. The molecule has 0 radical (unpaired) electrons. The van der Waals surface area contributed by atoms with Gasteiger partial charge in [-0.2, -0.15) is 0 Å². The highest BCUT2D eigenvalue weighted by molar-refractivity contribution is 6.32. The van der Waals surface area contributed by atoms with Crippen LogP contribution >= 0.6 is 11.6 Å². The number of imide groups is 1. The molecule has 2 bridgehead atoms. The lowest BCUT2D eigenvalue weighted by molar-refractivity contribution is -0.142. The Morgan fingerprint density at radius 1 is 0.969 bits per heavy atom. The van der Waals surface area contributed by atoms with Crippen molar-refractivity contribution < 1.29 is 19.1 Å². The minimum Gasteiger partial charge on any atom is -0.456 e. The van der Waals surface area contributed by atoms with Gasteiger partial charge in [0.05, 0.1) is 16.9 Å². The Morgan fingerprint density at radius 3 is 2.22 bits per heavy atom. The van der Waals surface area contributed by atoms with Crippen LogP contribution in [0.15, 0.2) is 60.7 Å². The predicted molar refractivity (Wildman–Crippen MR) is 118 cm³/mol. The minimum atomic E-state index is -0.393. The van der Waals surface area contributed by atoms with Crippen molar-refractivity contribution in [1.29, 1.82) is 0 Å². The van der Waals surface area contributed by atoms with Gasteiger partial charge < -0.3 is 10.1 Å². The van der Waals surface area contributed by atoms with Crippen LogP contribution in [0.4, 0.5) is 5.69 Å². The van der Waals surface area contributed by atoms with Gasteiger partial charge >= 0.3 is 0 Å². The molecule has 2 aromatic carbocycles. The van der Waals surface area contributed by atoms with Gasteiger partial charge in [-0.15, -0.1) is 0 Å². The monoisotopic (exact) mass is 448 g/mol. The second-order valence-corrected chi connectivity index (χ2v) is 9.43. The fourth-order valence-corrected chi connectivity index (χ4v) is 5.95. The van der Waals surface area contributed by atoms with Gasteiger partial charge in [0, 0.05) is 5.69 Å². The molecule has 0 aromatic heterocycles. The molecule has 2 saturated carbocycles. The van der Waals surface area contributed by atoms with E-state index in [0.717, 1.165) is 11.3 Å². The van der Waals surface area contributed by atoms with Crippen molar-refractivity contribution in [2.45, 2.75) is 6.42 Å². The molecule has 6 unspecified atom stereocenters. The number of carbonyl (C=O) groups excluding carboxylic acids is 3. The number of halogens is 1. The topological polar surface area (TPSA) is 75.7 Å². The highest BCUT2D eigenvalue weighted by Crippen LogP contribution is 2.65. The summed E-state index contributed by atoms with van der Waals surface area (Å²) in [5, 5.41) is 3.27. The first kappa shape index (κ1) is 19.6. The number of rotatable bonds is 5. The van der Waals surface area contributed by atoms with E-state index >= 15 is 0 Å². The third kappa shape index (κ3) is 3.05. The fraction of sp³-hybridized carbons (Fsp3) is 0.320. The second-order valence-electron chi connectivity index (χ2n) is 9.02. The second kappa shape index (κ2) is 7.20. The number of nitrogens with zero attached hydrogens (tertiary/aromatic N) is 1. The van der Waals surface area contributed by atoms with Gasteiger partial charge in [0.2, 0.25) is 17.7 Å². The lowest BCUT2D eigenvalue weighted by Gasteiger charge is -2.37. The largest absolute Gasteiger partial charge is 0.456 e. The van der Waals surface area contributed by atoms with E-state index in [1.165, 1.54) is 0 Å². The Morgan fingerprint density at radius 2 is 1.59 bits per heavy atom. The number of benzene rings is 2. The van der Waals surface area contributed by atoms with Crippen LogP contribution in [-0.2, 0) is 14.4 Å². The van der Waals surface area contributed by atoms with Crippen LogP contribution in [0.25, 0.3) is 0 Å². The summed E-state index contributed by atoms with van der Waals surface area (Å²) in [4.78, 5) is 39.8. The minimum absolute atomic E-state index is 0.158. The summed E-state index contributed by atoms with van der Waals surface area (Å²) in [6.07, 6.45) is 5.37. The molecule has 1 aliphatic heterocycles. The Balaban J connectivity index is 1.10. The average Bonchev–Trinajstić information content (AvgIpc) is 3.58. The van der Waals surface area contributed by atoms with Crippen molar-refractivity contribution in [3.8, 4) is 11.5 Å². The molecule has 0 spiro atoms. The van der Waals surface area contributed by atoms with Gasteiger partial charge in [-0.05, 0) is 66.5 Å². The number of likely N-dealkylation sites (tertiary alicyclic amines) is 1. The van der Waals surface area contributed by atoms with Crippen LogP contribution in [0, 0.1) is 35.5 Å². The summed E-state index contributed by atoms with van der Waals surface area (Å²) < 4.78 is 5.75. The van der Waals surface area contributed by atoms with Gasteiger partial charge in [-0.1, -0.05) is 35.9 Å². The Labute approximate surface area is 190 Å². The molecule has 3 fully saturated rings. The molecule has 1 heterocycles. The van der Waals surface area contributed by atoms with E-state index in [1.54, 1.807) is 36.4 Å². The van der Waals surface area contributed by atoms with Crippen LogP contribution in [-0.4, -0.2) is 29.2 Å². The zero-order valence-corrected chi connectivity index (χ0v) is 17.9. The normalized spacial score (nSPS) is 31.3. The number of nitrogens with one attached hydrogen (secondary N) is 1. The van der Waals surface area contributed by atoms with Crippen LogP contribution in [0.3, 0.4) is 0 Å². The number of amides is 3. The van der Waals surface area contributed by atoms with E-state index in [4.69, 9.17) is 16.3 Å². The zero-order chi connectivity index (χ0) is 22.0. The van der Waals surface area contributed by atoms with Gasteiger partial charge in [0.25, 0.3) is 0 Å². The number of hydrogen-bond acceptors (Lipinski definition) is 4. The maximum Gasteiger partial charge on any atom is 0.244 e. The number of anilines is 1. The summed E-state index contributed by atoms with van der Waals surface area (Å²) in [7, 11) is 0. The highest BCUT2D eigenvalue weighted by atomic mass is 35.5. The first-order valence-electron chi connectivity index (χ1n) is 10.9. The van der Waals surface area contributed by atoms with Crippen molar-refractivity contribution in [3.05, 3.63) is 65.7 Å². The fourth-order valence-electron chi connectivity index (χ4n) is 5.78. The Kier molecular flexibility index (Phi) is 4.40. The van der Waals surface area contributed by atoms with Crippen molar-refractivity contribution in [2.24, 2.45) is 35.5 Å². The number of para-hydroxylation sites is 1. The van der Waals surface area contributed by atoms with E-state index in [9.17, 15) is 14.4 Å². The van der Waals surface area contributed by atoms with Crippen LogP contribution in [0.5, 0.6) is 11.5 Å². The standard InChI is InChI=1S/C25H21ClN2O4/c26-19-3-1-2-4-20(19)32-14-7-5-13(6-8-14)27-21(29)12-28-24(30)22-15-9-10-16(18-11-17(15)18)23(22)25(28)31/h1-10,15-18,22-23H,11-12H2,(H,27,29). The highest BCUT2D eigenvalue weighted by Gasteiger charge is 2.67. The van der Waals surface area contributed by atoms with Crippen LogP contribution in [0.1, 0.15) is 6.42 Å². The summed E-state index contributed by atoms with van der Waals surface area (Å²) in [5.41, 5.74) is 0.556. The number of allylic oxidation sites excluding steroid dienone is 2. The first-order chi connectivity index (χ1) is 15.5. The molecule has 1 saturated heterocycles. The van der Waals surface area contributed by atoms with Crippen molar-refractivity contribution >= 4 is 35.0 Å². The van der Waals surface area contributed by atoms with Crippen molar-refractivity contribution in [1.82, 2.24) is 4.90 Å². The molecule has 2 aromatic rings. The molecule has 3 amide bonds. The predicted octanol–water partition coefficient (Wildman–Crippen LogP) is 4.12.